The molecule has 0 aromatic heterocycles. The lowest BCUT2D eigenvalue weighted by atomic mass is 10.1. The van der Waals surface area contributed by atoms with Crippen LogP contribution in [-0.2, 0) is 9.53 Å². The molecule has 1 saturated carbocycles. The molecule has 1 aliphatic rings. The largest absolute Gasteiger partial charge is 0.490 e. The highest BCUT2D eigenvalue weighted by molar-refractivity contribution is 5.89. The quantitative estimate of drug-likeness (QED) is 0.229. The van der Waals surface area contributed by atoms with Gasteiger partial charge in [-0.05, 0) is 72.7 Å². The summed E-state index contributed by atoms with van der Waals surface area (Å²) in [5.74, 6) is 0.434. The van der Waals surface area contributed by atoms with Gasteiger partial charge < -0.3 is 19.3 Å². The van der Waals surface area contributed by atoms with Gasteiger partial charge in [0.2, 0.25) is 5.76 Å². The number of ether oxygens (including phenoxy) is 3. The van der Waals surface area contributed by atoms with Gasteiger partial charge in [0.15, 0.2) is 0 Å². The highest BCUT2D eigenvalue weighted by Gasteiger charge is 2.20. The minimum atomic E-state index is -1.05. The van der Waals surface area contributed by atoms with Crippen LogP contribution >= 0.6 is 0 Å². The summed E-state index contributed by atoms with van der Waals surface area (Å²) >= 11 is 0. The predicted molar refractivity (Wildman–Crippen MR) is 128 cm³/mol. The zero-order chi connectivity index (χ0) is 22.9. The van der Waals surface area contributed by atoms with E-state index in [1.807, 2.05) is 60.7 Å². The lowest BCUT2D eigenvalue weighted by Crippen LogP contribution is -2.13. The number of aliphatic carboxylic acids is 1. The van der Waals surface area contributed by atoms with E-state index in [1.54, 1.807) is 6.08 Å². The second-order valence-corrected chi connectivity index (χ2v) is 8.00. The second-order valence-electron chi connectivity index (χ2n) is 8.00. The van der Waals surface area contributed by atoms with Crippen molar-refractivity contribution in [2.75, 3.05) is 13.2 Å². The number of hydrogen-bond acceptors (Lipinski definition) is 4. The first-order chi connectivity index (χ1) is 16.2. The Labute approximate surface area is 194 Å². The molecule has 1 aliphatic carbocycles. The maximum atomic E-state index is 11.5. The predicted octanol–water partition coefficient (Wildman–Crippen LogP) is 6.20. The first-order valence-electron chi connectivity index (χ1n) is 11.3. The van der Waals surface area contributed by atoms with Crippen LogP contribution in [0.15, 0.2) is 84.6 Å². The molecule has 5 nitrogen and oxygen atoms in total. The number of carbonyl (C=O) groups is 1. The fourth-order valence-corrected chi connectivity index (χ4v) is 3.86. The van der Waals surface area contributed by atoms with Gasteiger partial charge in [0.05, 0.1) is 6.10 Å². The Hall–Kier alpha value is -3.73. The molecule has 3 aromatic carbocycles. The Kier molecular flexibility index (Phi) is 7.64. The molecule has 1 N–H and O–H groups in total. The Morgan fingerprint density at radius 1 is 0.818 bits per heavy atom. The zero-order valence-corrected chi connectivity index (χ0v) is 18.5. The number of hydrogen-bond donors (Lipinski definition) is 1. The first-order valence-corrected chi connectivity index (χ1v) is 11.3. The molecular formula is C28H28O5. The molecule has 0 bridgehead atoms. The third-order valence-corrected chi connectivity index (χ3v) is 5.55. The molecule has 0 amide bonds. The Morgan fingerprint density at radius 2 is 1.48 bits per heavy atom. The van der Waals surface area contributed by atoms with Crippen molar-refractivity contribution in [1.82, 2.24) is 0 Å². The maximum absolute atomic E-state index is 11.5. The van der Waals surface area contributed by atoms with Crippen molar-refractivity contribution in [3.05, 3.63) is 90.2 Å². The topological polar surface area (TPSA) is 65.0 Å². The summed E-state index contributed by atoms with van der Waals surface area (Å²) in [6.07, 6.45) is 5.57. The van der Waals surface area contributed by atoms with Crippen molar-refractivity contribution in [2.24, 2.45) is 0 Å². The Bertz CT molecular complexity index is 1070. The third-order valence-electron chi connectivity index (χ3n) is 5.55. The van der Waals surface area contributed by atoms with E-state index in [0.29, 0.717) is 19.0 Å². The normalized spacial score (nSPS) is 14.1. The van der Waals surface area contributed by atoms with Crippen molar-refractivity contribution in [3.63, 3.8) is 0 Å². The van der Waals surface area contributed by atoms with Crippen molar-refractivity contribution < 1.29 is 24.1 Å². The molecule has 0 saturated heterocycles. The van der Waals surface area contributed by atoms with Crippen LogP contribution in [0.5, 0.6) is 11.5 Å². The van der Waals surface area contributed by atoms with Gasteiger partial charge in [-0.2, -0.15) is 0 Å². The molecular weight excluding hydrogens is 416 g/mol. The third kappa shape index (κ3) is 6.62. The standard InChI is InChI=1S/C28H28O5/c29-28(30)27(33-25-10-4-5-11-25)19-21-13-15-24(16-14-21)31-17-18-32-26-12-6-9-23(20-26)22-7-2-1-3-8-22/h1-3,6-9,12-16,19-20,25H,4-5,10-11,17-18H2,(H,29,30). The molecule has 0 heterocycles. The summed E-state index contributed by atoms with van der Waals surface area (Å²) in [4.78, 5) is 11.5. The average molecular weight is 445 g/mol. The summed E-state index contributed by atoms with van der Waals surface area (Å²) in [7, 11) is 0. The lowest BCUT2D eigenvalue weighted by molar-refractivity contribution is -0.137. The number of rotatable bonds is 10. The van der Waals surface area contributed by atoms with Crippen molar-refractivity contribution in [3.8, 4) is 22.6 Å². The van der Waals surface area contributed by atoms with Crippen LogP contribution in [0.1, 0.15) is 31.2 Å². The molecule has 33 heavy (non-hydrogen) atoms. The van der Waals surface area contributed by atoms with Crippen molar-refractivity contribution in [2.45, 2.75) is 31.8 Å². The molecule has 5 heteroatoms. The molecule has 170 valence electrons. The Morgan fingerprint density at radius 3 is 2.18 bits per heavy atom. The molecule has 4 rings (SSSR count). The van der Waals surface area contributed by atoms with E-state index >= 15 is 0 Å². The van der Waals surface area contributed by atoms with Crippen molar-refractivity contribution >= 4 is 12.0 Å². The van der Waals surface area contributed by atoms with Gasteiger partial charge >= 0.3 is 5.97 Å². The van der Waals surface area contributed by atoms with Gasteiger partial charge in [0, 0.05) is 0 Å². The van der Waals surface area contributed by atoms with Gasteiger partial charge in [-0.25, -0.2) is 4.79 Å². The van der Waals surface area contributed by atoms with Crippen LogP contribution in [0, 0.1) is 0 Å². The molecule has 0 unspecified atom stereocenters. The SMILES string of the molecule is O=C(O)C(=Cc1ccc(OCCOc2cccc(-c3ccccc3)c2)cc1)OC1CCCC1. The van der Waals surface area contributed by atoms with E-state index in [4.69, 9.17) is 14.2 Å². The van der Waals surface area contributed by atoms with E-state index in [2.05, 4.69) is 18.2 Å². The summed E-state index contributed by atoms with van der Waals surface area (Å²) in [6, 6.07) is 25.4. The monoisotopic (exact) mass is 444 g/mol. The van der Waals surface area contributed by atoms with Crippen LogP contribution in [0.25, 0.3) is 17.2 Å². The highest BCUT2D eigenvalue weighted by atomic mass is 16.5. The summed E-state index contributed by atoms with van der Waals surface area (Å²) in [5, 5.41) is 9.44. The number of benzene rings is 3. The average Bonchev–Trinajstić information content (AvgIpc) is 3.36. The van der Waals surface area contributed by atoms with Gasteiger partial charge in [0.1, 0.15) is 24.7 Å². The fraction of sp³-hybridized carbons (Fsp3) is 0.250. The van der Waals surface area contributed by atoms with E-state index in [1.165, 1.54) is 0 Å². The summed E-state index contributed by atoms with van der Waals surface area (Å²) < 4.78 is 17.3. The molecule has 0 spiro atoms. The molecule has 0 radical (unpaired) electrons. The summed E-state index contributed by atoms with van der Waals surface area (Å²) in [6.45, 7) is 0.814. The fourth-order valence-electron chi connectivity index (χ4n) is 3.86. The minimum Gasteiger partial charge on any atom is -0.490 e. The molecule has 0 aliphatic heterocycles. The van der Waals surface area contributed by atoms with Crippen LogP contribution in [-0.4, -0.2) is 30.4 Å². The smallest absolute Gasteiger partial charge is 0.371 e. The van der Waals surface area contributed by atoms with E-state index in [-0.39, 0.29) is 11.9 Å². The summed E-state index contributed by atoms with van der Waals surface area (Å²) in [5.41, 5.74) is 3.01. The van der Waals surface area contributed by atoms with Crippen LogP contribution in [0.3, 0.4) is 0 Å². The highest BCUT2D eigenvalue weighted by Crippen LogP contribution is 2.25. The number of carboxylic acids is 1. The Balaban J connectivity index is 1.27. The van der Waals surface area contributed by atoms with Gasteiger partial charge in [0.25, 0.3) is 0 Å². The minimum absolute atomic E-state index is 0.00310. The van der Waals surface area contributed by atoms with Crippen molar-refractivity contribution in [1.29, 1.82) is 0 Å². The molecule has 0 atom stereocenters. The van der Waals surface area contributed by atoms with Gasteiger partial charge in [-0.1, -0.05) is 54.6 Å². The van der Waals surface area contributed by atoms with E-state index in [9.17, 15) is 9.90 Å². The maximum Gasteiger partial charge on any atom is 0.371 e. The lowest BCUT2D eigenvalue weighted by Gasteiger charge is -2.13. The van der Waals surface area contributed by atoms with Crippen LogP contribution in [0.4, 0.5) is 0 Å². The van der Waals surface area contributed by atoms with E-state index < -0.39 is 5.97 Å². The van der Waals surface area contributed by atoms with Gasteiger partial charge in [-0.15, -0.1) is 0 Å². The second kappa shape index (κ2) is 11.2. The van der Waals surface area contributed by atoms with E-state index in [0.717, 1.165) is 48.1 Å². The van der Waals surface area contributed by atoms with Crippen LogP contribution < -0.4 is 9.47 Å². The number of carboxylic acid groups (broad SMARTS) is 1. The molecule has 1 fully saturated rings. The zero-order valence-electron chi connectivity index (χ0n) is 18.5. The van der Waals surface area contributed by atoms with Gasteiger partial charge in [-0.3, -0.25) is 0 Å². The van der Waals surface area contributed by atoms with Crippen LogP contribution in [0.2, 0.25) is 0 Å². The molecule has 3 aromatic rings. The first kappa shape index (κ1) is 22.5.